The Balaban J connectivity index is 2.58. The van der Waals surface area contributed by atoms with Crippen molar-refractivity contribution in [2.75, 3.05) is 5.43 Å². The van der Waals surface area contributed by atoms with Crippen LogP contribution in [0.15, 0.2) is 42.5 Å². The van der Waals surface area contributed by atoms with E-state index < -0.39 is 0 Å². The van der Waals surface area contributed by atoms with Gasteiger partial charge in [-0.05, 0) is 36.2 Å². The van der Waals surface area contributed by atoms with E-state index in [1.165, 1.54) is 0 Å². The molecule has 2 rings (SSSR count). The first kappa shape index (κ1) is 11.0. The summed E-state index contributed by atoms with van der Waals surface area (Å²) >= 11 is 6.04. The van der Waals surface area contributed by atoms with Crippen LogP contribution in [0.3, 0.4) is 0 Å². The second kappa shape index (κ2) is 4.56. The van der Waals surface area contributed by atoms with Gasteiger partial charge in [-0.2, -0.15) is 0 Å². The molecule has 3 N–H and O–H groups in total. The van der Waals surface area contributed by atoms with Crippen LogP contribution in [0.5, 0.6) is 0 Å². The lowest BCUT2D eigenvalue weighted by atomic mass is 10.0. The minimum atomic E-state index is 0.738. The number of aryl methyl sites for hydroxylation is 1. The van der Waals surface area contributed by atoms with Crippen LogP contribution in [0.4, 0.5) is 5.69 Å². The van der Waals surface area contributed by atoms with Crippen LogP contribution < -0.4 is 11.3 Å². The summed E-state index contributed by atoms with van der Waals surface area (Å²) in [6.07, 6.45) is 0. The Morgan fingerprint density at radius 2 is 1.88 bits per heavy atom. The second-order valence-electron chi connectivity index (χ2n) is 3.71. The Bertz CT molecular complexity index is 489. The van der Waals surface area contributed by atoms with E-state index in [9.17, 15) is 0 Å². The average Bonchev–Trinajstić information content (AvgIpc) is 2.27. The van der Waals surface area contributed by atoms with Gasteiger partial charge in [-0.15, -0.1) is 0 Å². The number of hydrazine groups is 1. The molecule has 0 radical (unpaired) electrons. The molecule has 0 aromatic heterocycles. The molecule has 0 heterocycles. The van der Waals surface area contributed by atoms with Crippen molar-refractivity contribution in [3.05, 3.63) is 53.1 Å². The van der Waals surface area contributed by atoms with Crippen molar-refractivity contribution >= 4 is 17.3 Å². The van der Waals surface area contributed by atoms with Crippen LogP contribution in [0.25, 0.3) is 11.1 Å². The largest absolute Gasteiger partial charge is 0.324 e. The molecule has 16 heavy (non-hydrogen) atoms. The predicted molar refractivity (Wildman–Crippen MR) is 69.4 cm³/mol. The van der Waals surface area contributed by atoms with Gasteiger partial charge >= 0.3 is 0 Å². The van der Waals surface area contributed by atoms with Crippen LogP contribution in [0.1, 0.15) is 5.56 Å². The molecular formula is C13H13ClN2. The zero-order valence-electron chi connectivity index (χ0n) is 9.00. The lowest BCUT2D eigenvalue weighted by Gasteiger charge is -2.09. The Morgan fingerprint density at radius 1 is 1.12 bits per heavy atom. The van der Waals surface area contributed by atoms with E-state index in [0.29, 0.717) is 0 Å². The van der Waals surface area contributed by atoms with E-state index >= 15 is 0 Å². The van der Waals surface area contributed by atoms with E-state index in [2.05, 4.69) is 11.5 Å². The summed E-state index contributed by atoms with van der Waals surface area (Å²) in [5.74, 6) is 5.48. The standard InChI is InChI=1S/C13H13ClN2/c1-9-6-10(8-11(14)7-9)12-4-2-3-5-13(12)16-15/h2-8,16H,15H2,1H3. The number of hydrogen-bond donors (Lipinski definition) is 2. The zero-order valence-corrected chi connectivity index (χ0v) is 9.75. The van der Waals surface area contributed by atoms with Gasteiger partial charge in [0.1, 0.15) is 0 Å². The van der Waals surface area contributed by atoms with E-state index in [4.69, 9.17) is 17.4 Å². The molecular weight excluding hydrogens is 220 g/mol. The number of para-hydroxylation sites is 1. The minimum Gasteiger partial charge on any atom is -0.324 e. The average molecular weight is 233 g/mol. The van der Waals surface area contributed by atoms with E-state index in [1.54, 1.807) is 0 Å². The van der Waals surface area contributed by atoms with E-state index in [-0.39, 0.29) is 0 Å². The minimum absolute atomic E-state index is 0.738. The lowest BCUT2D eigenvalue weighted by molar-refractivity contribution is 1.35. The fourth-order valence-corrected chi connectivity index (χ4v) is 2.04. The summed E-state index contributed by atoms with van der Waals surface area (Å²) in [7, 11) is 0. The Hall–Kier alpha value is -1.51. The molecule has 0 atom stereocenters. The highest BCUT2D eigenvalue weighted by Gasteiger charge is 2.04. The van der Waals surface area contributed by atoms with Gasteiger partial charge in [-0.25, -0.2) is 0 Å². The number of halogens is 1. The van der Waals surface area contributed by atoms with Crippen molar-refractivity contribution in [1.29, 1.82) is 0 Å². The summed E-state index contributed by atoms with van der Waals surface area (Å²) < 4.78 is 0. The molecule has 2 aromatic carbocycles. The molecule has 3 heteroatoms. The Morgan fingerprint density at radius 3 is 2.56 bits per heavy atom. The van der Waals surface area contributed by atoms with E-state index in [0.717, 1.165) is 27.4 Å². The molecule has 0 aliphatic heterocycles. The Kier molecular flexibility index (Phi) is 3.13. The van der Waals surface area contributed by atoms with Crippen molar-refractivity contribution in [1.82, 2.24) is 0 Å². The van der Waals surface area contributed by atoms with Crippen molar-refractivity contribution in [3.63, 3.8) is 0 Å². The number of anilines is 1. The summed E-state index contributed by atoms with van der Waals surface area (Å²) in [6.45, 7) is 2.02. The van der Waals surface area contributed by atoms with Gasteiger partial charge in [0.2, 0.25) is 0 Å². The molecule has 0 aliphatic carbocycles. The number of rotatable bonds is 2. The van der Waals surface area contributed by atoms with Crippen molar-refractivity contribution in [2.24, 2.45) is 5.84 Å². The highest BCUT2D eigenvalue weighted by molar-refractivity contribution is 6.31. The van der Waals surface area contributed by atoms with Gasteiger partial charge in [0.25, 0.3) is 0 Å². The molecule has 0 aliphatic rings. The number of nitrogen functional groups attached to an aromatic ring is 1. The zero-order chi connectivity index (χ0) is 11.5. The third-order valence-corrected chi connectivity index (χ3v) is 2.65. The van der Waals surface area contributed by atoms with E-state index in [1.807, 2.05) is 43.3 Å². The first-order chi connectivity index (χ1) is 7.70. The summed E-state index contributed by atoms with van der Waals surface area (Å²) in [4.78, 5) is 0. The molecule has 0 saturated heterocycles. The maximum Gasteiger partial charge on any atom is 0.0563 e. The van der Waals surface area contributed by atoms with Gasteiger partial charge in [0.15, 0.2) is 0 Å². The first-order valence-corrected chi connectivity index (χ1v) is 5.42. The summed E-state index contributed by atoms with van der Waals surface area (Å²) in [5, 5.41) is 0.738. The third kappa shape index (κ3) is 2.18. The molecule has 0 amide bonds. The van der Waals surface area contributed by atoms with Crippen LogP contribution in [0.2, 0.25) is 5.02 Å². The molecule has 2 aromatic rings. The van der Waals surface area contributed by atoms with Gasteiger partial charge in [0, 0.05) is 10.6 Å². The van der Waals surface area contributed by atoms with Crippen LogP contribution in [-0.2, 0) is 0 Å². The van der Waals surface area contributed by atoms with Crippen LogP contribution >= 0.6 is 11.6 Å². The topological polar surface area (TPSA) is 38.0 Å². The van der Waals surface area contributed by atoms with Crippen molar-refractivity contribution < 1.29 is 0 Å². The van der Waals surface area contributed by atoms with Gasteiger partial charge in [-0.3, -0.25) is 5.84 Å². The molecule has 0 saturated carbocycles. The third-order valence-electron chi connectivity index (χ3n) is 2.44. The maximum absolute atomic E-state index is 6.04. The normalized spacial score (nSPS) is 10.2. The lowest BCUT2D eigenvalue weighted by Crippen LogP contribution is -2.07. The number of benzene rings is 2. The Labute approximate surface area is 100 Å². The van der Waals surface area contributed by atoms with Crippen molar-refractivity contribution in [2.45, 2.75) is 6.92 Å². The molecule has 0 unspecified atom stereocenters. The molecule has 0 fully saturated rings. The molecule has 2 nitrogen and oxygen atoms in total. The summed E-state index contributed by atoms with van der Waals surface area (Å²) in [6, 6.07) is 13.8. The fraction of sp³-hybridized carbons (Fsp3) is 0.0769. The van der Waals surface area contributed by atoms with Crippen molar-refractivity contribution in [3.8, 4) is 11.1 Å². The number of nitrogens with two attached hydrogens (primary N) is 1. The fourth-order valence-electron chi connectivity index (χ4n) is 1.75. The molecule has 0 spiro atoms. The quantitative estimate of drug-likeness (QED) is 0.613. The highest BCUT2D eigenvalue weighted by Crippen LogP contribution is 2.29. The maximum atomic E-state index is 6.04. The van der Waals surface area contributed by atoms with Crippen LogP contribution in [-0.4, -0.2) is 0 Å². The number of hydrogen-bond acceptors (Lipinski definition) is 2. The predicted octanol–water partition coefficient (Wildman–Crippen LogP) is 3.60. The van der Waals surface area contributed by atoms with Gasteiger partial charge in [-0.1, -0.05) is 35.9 Å². The monoisotopic (exact) mass is 232 g/mol. The molecule has 82 valence electrons. The first-order valence-electron chi connectivity index (χ1n) is 5.04. The SMILES string of the molecule is Cc1cc(Cl)cc(-c2ccccc2NN)c1. The van der Waals surface area contributed by atoms with Gasteiger partial charge < -0.3 is 5.43 Å². The smallest absolute Gasteiger partial charge is 0.0563 e. The number of nitrogens with one attached hydrogen (secondary N) is 1. The molecule has 0 bridgehead atoms. The second-order valence-corrected chi connectivity index (χ2v) is 4.14. The summed E-state index contributed by atoms with van der Waals surface area (Å²) in [5.41, 5.74) is 6.84. The van der Waals surface area contributed by atoms with Crippen LogP contribution in [0, 0.1) is 6.92 Å². The van der Waals surface area contributed by atoms with Gasteiger partial charge in [0.05, 0.1) is 5.69 Å². The highest BCUT2D eigenvalue weighted by atomic mass is 35.5.